The Hall–Kier alpha value is -1.60. The van der Waals surface area contributed by atoms with Crippen molar-refractivity contribution < 1.29 is 0 Å². The van der Waals surface area contributed by atoms with E-state index in [2.05, 4.69) is 47.0 Å². The molecule has 0 unspecified atom stereocenters. The molecule has 2 rings (SSSR count). The van der Waals surface area contributed by atoms with Gasteiger partial charge in [0.15, 0.2) is 0 Å². The molecule has 0 saturated carbocycles. The largest absolute Gasteiger partial charge is 0.237 e. The molecule has 0 atom stereocenters. The molecule has 0 spiro atoms. The normalized spacial score (nSPS) is 10.3. The average molecular weight is 304 g/mol. The highest BCUT2D eigenvalue weighted by Gasteiger charge is 2.09. The minimum Gasteiger partial charge on any atom is -0.237 e. The minimum absolute atomic E-state index is 0.634. The van der Waals surface area contributed by atoms with Crippen molar-refractivity contribution in [3.05, 3.63) is 45.7 Å². The summed E-state index contributed by atoms with van der Waals surface area (Å²) in [5.74, 6) is 0. The lowest BCUT2D eigenvalue weighted by molar-refractivity contribution is 0.793. The maximum atomic E-state index is 9.01. The van der Waals surface area contributed by atoms with Crippen molar-refractivity contribution in [3.63, 3.8) is 0 Å². The molecule has 92 valence electrons. The molecule has 0 N–H and O–H groups in total. The van der Waals surface area contributed by atoms with Crippen LogP contribution in [0.25, 0.3) is 5.69 Å². The third-order valence-corrected chi connectivity index (χ3v) is 3.27. The van der Waals surface area contributed by atoms with Crippen LogP contribution in [0.2, 0.25) is 0 Å². The summed E-state index contributed by atoms with van der Waals surface area (Å²) >= 11 is 3.43. The van der Waals surface area contributed by atoms with E-state index in [4.69, 9.17) is 5.26 Å². The van der Waals surface area contributed by atoms with Gasteiger partial charge in [0.2, 0.25) is 0 Å². The first-order valence-corrected chi connectivity index (χ1v) is 6.76. The fourth-order valence-corrected chi connectivity index (χ4v) is 2.37. The standard InChI is InChI=1S/C14H14BrN3/c1-3-12-8-13(4-2)18(17-12)14-6-10(9-16)5-11(15)7-14/h5-8H,3-4H2,1-2H3. The molecule has 0 aliphatic rings. The van der Waals surface area contributed by atoms with Crippen molar-refractivity contribution in [2.45, 2.75) is 26.7 Å². The Bertz CT molecular complexity index is 608. The third-order valence-electron chi connectivity index (χ3n) is 2.81. The molecule has 2 aromatic rings. The zero-order valence-electron chi connectivity index (χ0n) is 10.4. The van der Waals surface area contributed by atoms with Crippen LogP contribution in [0.3, 0.4) is 0 Å². The summed E-state index contributed by atoms with van der Waals surface area (Å²) in [6.07, 6.45) is 1.83. The molecule has 0 radical (unpaired) electrons. The van der Waals surface area contributed by atoms with E-state index < -0.39 is 0 Å². The van der Waals surface area contributed by atoms with Crippen LogP contribution in [0.1, 0.15) is 30.8 Å². The molecule has 1 aromatic carbocycles. The van der Waals surface area contributed by atoms with Gasteiger partial charge in [-0.1, -0.05) is 29.8 Å². The number of halogens is 1. The first-order chi connectivity index (χ1) is 8.67. The molecule has 0 amide bonds. The van der Waals surface area contributed by atoms with E-state index in [0.717, 1.165) is 34.4 Å². The number of hydrogen-bond acceptors (Lipinski definition) is 2. The van der Waals surface area contributed by atoms with Crippen molar-refractivity contribution in [2.24, 2.45) is 0 Å². The molecule has 0 bridgehead atoms. The van der Waals surface area contributed by atoms with Crippen LogP contribution in [0.15, 0.2) is 28.7 Å². The maximum Gasteiger partial charge on any atom is 0.0992 e. The SMILES string of the molecule is CCc1cc(CC)n(-c2cc(Br)cc(C#N)c2)n1. The molecule has 0 aliphatic carbocycles. The second-order valence-corrected chi connectivity index (χ2v) is 4.97. The third kappa shape index (κ3) is 2.46. The van der Waals surface area contributed by atoms with Crippen LogP contribution in [0.5, 0.6) is 0 Å². The van der Waals surface area contributed by atoms with Gasteiger partial charge in [0.1, 0.15) is 0 Å². The molecular formula is C14H14BrN3. The summed E-state index contributed by atoms with van der Waals surface area (Å²) in [6, 6.07) is 9.92. The van der Waals surface area contributed by atoms with Crippen molar-refractivity contribution >= 4 is 15.9 Å². The molecule has 18 heavy (non-hydrogen) atoms. The van der Waals surface area contributed by atoms with Gasteiger partial charge in [-0.05, 0) is 37.1 Å². The smallest absolute Gasteiger partial charge is 0.0992 e. The zero-order chi connectivity index (χ0) is 13.1. The van der Waals surface area contributed by atoms with E-state index in [-0.39, 0.29) is 0 Å². The number of aryl methyl sites for hydroxylation is 2. The Morgan fingerprint density at radius 3 is 2.61 bits per heavy atom. The number of nitrogens with zero attached hydrogens (tertiary/aromatic N) is 3. The molecule has 0 aliphatic heterocycles. The second kappa shape index (κ2) is 5.36. The molecule has 1 aromatic heterocycles. The van der Waals surface area contributed by atoms with E-state index in [0.29, 0.717) is 5.56 Å². The summed E-state index contributed by atoms with van der Waals surface area (Å²) in [4.78, 5) is 0. The van der Waals surface area contributed by atoms with E-state index in [1.807, 2.05) is 16.8 Å². The van der Waals surface area contributed by atoms with Crippen molar-refractivity contribution in [2.75, 3.05) is 0 Å². The first-order valence-electron chi connectivity index (χ1n) is 5.96. The monoisotopic (exact) mass is 303 g/mol. The van der Waals surface area contributed by atoms with Gasteiger partial charge in [-0.25, -0.2) is 4.68 Å². The molecular weight excluding hydrogens is 290 g/mol. The number of aromatic nitrogens is 2. The summed E-state index contributed by atoms with van der Waals surface area (Å²) in [6.45, 7) is 4.20. The van der Waals surface area contributed by atoms with E-state index in [1.165, 1.54) is 0 Å². The summed E-state index contributed by atoms with van der Waals surface area (Å²) in [5.41, 5.74) is 3.80. The van der Waals surface area contributed by atoms with Gasteiger partial charge in [-0.15, -0.1) is 0 Å². The van der Waals surface area contributed by atoms with Crippen LogP contribution in [-0.4, -0.2) is 9.78 Å². The number of rotatable bonds is 3. The maximum absolute atomic E-state index is 9.01. The summed E-state index contributed by atoms with van der Waals surface area (Å²) < 4.78 is 2.82. The summed E-state index contributed by atoms with van der Waals surface area (Å²) in [5, 5.41) is 13.6. The minimum atomic E-state index is 0.634. The quantitative estimate of drug-likeness (QED) is 0.869. The van der Waals surface area contributed by atoms with Gasteiger partial charge in [-0.3, -0.25) is 0 Å². The Labute approximate surface area is 115 Å². The lowest BCUT2D eigenvalue weighted by atomic mass is 10.2. The Morgan fingerprint density at radius 2 is 2.00 bits per heavy atom. The Balaban J connectivity index is 2.57. The highest BCUT2D eigenvalue weighted by Crippen LogP contribution is 2.20. The van der Waals surface area contributed by atoms with Crippen LogP contribution in [0, 0.1) is 11.3 Å². The Kier molecular flexibility index (Phi) is 3.83. The van der Waals surface area contributed by atoms with Crippen molar-refractivity contribution in [3.8, 4) is 11.8 Å². The Morgan fingerprint density at radius 1 is 1.22 bits per heavy atom. The highest BCUT2D eigenvalue weighted by molar-refractivity contribution is 9.10. The van der Waals surface area contributed by atoms with Gasteiger partial charge in [0, 0.05) is 10.2 Å². The van der Waals surface area contributed by atoms with Crippen molar-refractivity contribution in [1.82, 2.24) is 9.78 Å². The lowest BCUT2D eigenvalue weighted by Gasteiger charge is -2.07. The van der Waals surface area contributed by atoms with Crippen LogP contribution < -0.4 is 0 Å². The van der Waals surface area contributed by atoms with Gasteiger partial charge in [-0.2, -0.15) is 10.4 Å². The van der Waals surface area contributed by atoms with Crippen LogP contribution in [-0.2, 0) is 12.8 Å². The molecule has 3 nitrogen and oxygen atoms in total. The van der Waals surface area contributed by atoms with E-state index in [1.54, 1.807) is 6.07 Å². The number of benzene rings is 1. The number of nitriles is 1. The fraction of sp³-hybridized carbons (Fsp3) is 0.286. The fourth-order valence-electron chi connectivity index (χ4n) is 1.88. The van der Waals surface area contributed by atoms with Gasteiger partial charge in [0.05, 0.1) is 23.0 Å². The van der Waals surface area contributed by atoms with Crippen LogP contribution in [0.4, 0.5) is 0 Å². The van der Waals surface area contributed by atoms with Gasteiger partial charge >= 0.3 is 0 Å². The topological polar surface area (TPSA) is 41.6 Å². The molecule has 4 heteroatoms. The van der Waals surface area contributed by atoms with E-state index in [9.17, 15) is 0 Å². The predicted octanol–water partition coefficient (Wildman–Crippen LogP) is 3.63. The zero-order valence-corrected chi connectivity index (χ0v) is 12.0. The second-order valence-electron chi connectivity index (χ2n) is 4.06. The molecule has 0 saturated heterocycles. The number of hydrogen-bond donors (Lipinski definition) is 0. The van der Waals surface area contributed by atoms with Crippen LogP contribution >= 0.6 is 15.9 Å². The van der Waals surface area contributed by atoms with Gasteiger partial charge in [0.25, 0.3) is 0 Å². The first kappa shape index (κ1) is 12.8. The van der Waals surface area contributed by atoms with E-state index >= 15 is 0 Å². The molecule has 1 heterocycles. The predicted molar refractivity (Wildman–Crippen MR) is 74.7 cm³/mol. The lowest BCUT2D eigenvalue weighted by Crippen LogP contribution is -2.02. The van der Waals surface area contributed by atoms with Gasteiger partial charge < -0.3 is 0 Å². The van der Waals surface area contributed by atoms with Crippen molar-refractivity contribution in [1.29, 1.82) is 5.26 Å². The average Bonchev–Trinajstić information content (AvgIpc) is 2.81. The molecule has 0 fully saturated rings. The highest BCUT2D eigenvalue weighted by atomic mass is 79.9. The summed E-state index contributed by atoms with van der Waals surface area (Å²) in [7, 11) is 0.